The predicted molar refractivity (Wildman–Crippen MR) is 100 cm³/mol. The number of ether oxygens (including phenoxy) is 1. The van der Waals surface area contributed by atoms with Crippen LogP contribution in [-0.4, -0.2) is 29.6 Å². The lowest BCUT2D eigenvalue weighted by molar-refractivity contribution is -0.148. The first-order valence-corrected chi connectivity index (χ1v) is 8.69. The highest BCUT2D eigenvalue weighted by molar-refractivity contribution is 5.83. The first kappa shape index (κ1) is 17.4. The zero-order valence-electron chi connectivity index (χ0n) is 15.1. The summed E-state index contributed by atoms with van der Waals surface area (Å²) < 4.78 is 5.38. The fraction of sp³-hybridized carbons (Fsp3) is 0.318. The van der Waals surface area contributed by atoms with Crippen molar-refractivity contribution in [1.82, 2.24) is 4.90 Å². The van der Waals surface area contributed by atoms with Crippen LogP contribution in [0.2, 0.25) is 0 Å². The molecule has 0 aliphatic carbocycles. The molecule has 130 valence electrons. The average molecular weight is 335 g/mol. The minimum Gasteiger partial charge on any atom is -0.457 e. The number of nitrogens with zero attached hydrogens (tertiary/aromatic N) is 1. The molecule has 1 fully saturated rings. The molecule has 0 bridgehead atoms. The van der Waals surface area contributed by atoms with Gasteiger partial charge in [0.2, 0.25) is 0 Å². The van der Waals surface area contributed by atoms with Crippen LogP contribution in [0.25, 0.3) is 0 Å². The van der Waals surface area contributed by atoms with Crippen LogP contribution in [0.5, 0.6) is 0 Å². The summed E-state index contributed by atoms with van der Waals surface area (Å²) in [5.74, 6) is -0.252. The zero-order valence-corrected chi connectivity index (χ0v) is 15.1. The van der Waals surface area contributed by atoms with Gasteiger partial charge in [-0.25, -0.2) is 4.79 Å². The summed E-state index contributed by atoms with van der Waals surface area (Å²) in [4.78, 5) is 14.3. The third-order valence-electron chi connectivity index (χ3n) is 4.14. The topological polar surface area (TPSA) is 29.5 Å². The van der Waals surface area contributed by atoms with Crippen LogP contribution >= 0.6 is 0 Å². The van der Waals surface area contributed by atoms with E-state index >= 15 is 0 Å². The maximum Gasteiger partial charge on any atom is 0.331 e. The van der Waals surface area contributed by atoms with Crippen molar-refractivity contribution in [3.8, 4) is 0 Å². The molecule has 0 atom stereocenters. The Morgan fingerprint density at radius 1 is 0.960 bits per heavy atom. The lowest BCUT2D eigenvalue weighted by atomic mass is 9.93. The number of esters is 1. The monoisotopic (exact) mass is 335 g/mol. The molecule has 0 radical (unpaired) electrons. The van der Waals surface area contributed by atoms with Gasteiger partial charge in [-0.15, -0.1) is 0 Å². The number of benzene rings is 2. The molecule has 3 nitrogen and oxygen atoms in total. The van der Waals surface area contributed by atoms with Crippen molar-refractivity contribution in [3.63, 3.8) is 0 Å². The van der Waals surface area contributed by atoms with Gasteiger partial charge in [-0.3, -0.25) is 4.90 Å². The number of likely N-dealkylation sites (tertiary alicyclic amines) is 1. The summed E-state index contributed by atoms with van der Waals surface area (Å²) >= 11 is 0. The van der Waals surface area contributed by atoms with Gasteiger partial charge >= 0.3 is 5.97 Å². The van der Waals surface area contributed by atoms with Crippen LogP contribution < -0.4 is 0 Å². The van der Waals surface area contributed by atoms with Crippen molar-refractivity contribution in [3.05, 3.63) is 83.4 Å². The molecule has 0 saturated carbocycles. The van der Waals surface area contributed by atoms with Crippen LogP contribution in [0.15, 0.2) is 72.3 Å². The standard InChI is InChI=1S/C22H25NO2/c1-22(2,3)25-20(24)14-17-15-23(16-17)21(18-10-6-4-7-11-18)19-12-8-5-9-13-19/h4-14,21H,15-16H2,1-3H3. The second kappa shape index (κ2) is 7.24. The minimum atomic E-state index is -0.450. The van der Waals surface area contributed by atoms with E-state index < -0.39 is 5.60 Å². The van der Waals surface area contributed by atoms with Crippen molar-refractivity contribution >= 4 is 5.97 Å². The maximum atomic E-state index is 12.0. The van der Waals surface area contributed by atoms with E-state index in [0.717, 1.165) is 18.7 Å². The molecule has 25 heavy (non-hydrogen) atoms. The second-order valence-corrected chi connectivity index (χ2v) is 7.46. The minimum absolute atomic E-state index is 0.207. The smallest absolute Gasteiger partial charge is 0.331 e. The molecule has 1 aliphatic heterocycles. The van der Waals surface area contributed by atoms with E-state index in [2.05, 4.69) is 53.4 Å². The Bertz CT molecular complexity index is 697. The second-order valence-electron chi connectivity index (χ2n) is 7.46. The molecule has 1 heterocycles. The third kappa shape index (κ3) is 4.58. The predicted octanol–water partition coefficient (Wildman–Crippen LogP) is 4.36. The van der Waals surface area contributed by atoms with Crippen molar-refractivity contribution in [1.29, 1.82) is 0 Å². The summed E-state index contributed by atoms with van der Waals surface area (Å²) in [5, 5.41) is 0. The summed E-state index contributed by atoms with van der Waals surface area (Å²) in [5.41, 5.74) is 3.20. The molecule has 1 aliphatic rings. The number of carbonyl (C=O) groups excluding carboxylic acids is 1. The highest BCUT2D eigenvalue weighted by Crippen LogP contribution is 2.33. The molecule has 3 rings (SSSR count). The van der Waals surface area contributed by atoms with Gasteiger partial charge in [0.25, 0.3) is 0 Å². The van der Waals surface area contributed by atoms with Gasteiger partial charge in [0.05, 0.1) is 6.04 Å². The quantitative estimate of drug-likeness (QED) is 0.614. The van der Waals surface area contributed by atoms with Gasteiger partial charge in [-0.05, 0) is 37.5 Å². The number of carbonyl (C=O) groups is 1. The van der Waals surface area contributed by atoms with Crippen LogP contribution in [0.3, 0.4) is 0 Å². The first-order chi connectivity index (χ1) is 11.9. The number of hydrogen-bond donors (Lipinski definition) is 0. The van der Waals surface area contributed by atoms with Crippen molar-refractivity contribution in [2.45, 2.75) is 32.4 Å². The molecule has 0 unspecified atom stereocenters. The van der Waals surface area contributed by atoms with Gasteiger partial charge < -0.3 is 4.74 Å². The van der Waals surface area contributed by atoms with Crippen molar-refractivity contribution < 1.29 is 9.53 Å². The molecule has 0 spiro atoms. The molecule has 0 aromatic heterocycles. The summed E-state index contributed by atoms with van der Waals surface area (Å²) in [6, 6.07) is 21.2. The van der Waals surface area contributed by atoms with E-state index in [0.29, 0.717) is 0 Å². The average Bonchev–Trinajstić information content (AvgIpc) is 2.53. The molecular formula is C22H25NO2. The molecule has 0 N–H and O–H groups in total. The lowest BCUT2D eigenvalue weighted by Crippen LogP contribution is -2.43. The molecule has 0 amide bonds. The largest absolute Gasteiger partial charge is 0.457 e. The van der Waals surface area contributed by atoms with Gasteiger partial charge in [0, 0.05) is 19.2 Å². The molecule has 2 aromatic carbocycles. The molecule has 2 aromatic rings. The maximum absolute atomic E-state index is 12.0. The normalized spacial score (nSPS) is 15.0. The van der Waals surface area contributed by atoms with E-state index in [1.165, 1.54) is 11.1 Å². The van der Waals surface area contributed by atoms with E-state index in [1.54, 1.807) is 6.08 Å². The highest BCUT2D eigenvalue weighted by atomic mass is 16.6. The first-order valence-electron chi connectivity index (χ1n) is 8.69. The summed E-state index contributed by atoms with van der Waals surface area (Å²) in [7, 11) is 0. The third-order valence-corrected chi connectivity index (χ3v) is 4.14. The Morgan fingerprint density at radius 3 is 1.88 bits per heavy atom. The van der Waals surface area contributed by atoms with E-state index in [4.69, 9.17) is 4.74 Å². The molecule has 1 saturated heterocycles. The van der Waals surface area contributed by atoms with E-state index in [9.17, 15) is 4.79 Å². The van der Waals surface area contributed by atoms with Crippen LogP contribution in [-0.2, 0) is 9.53 Å². The Hall–Kier alpha value is -2.39. The summed E-state index contributed by atoms with van der Waals surface area (Å²) in [6.07, 6.45) is 1.65. The zero-order chi connectivity index (χ0) is 17.9. The Labute approximate surface area is 149 Å². The van der Waals surface area contributed by atoms with E-state index in [-0.39, 0.29) is 12.0 Å². The van der Waals surface area contributed by atoms with Crippen molar-refractivity contribution in [2.75, 3.05) is 13.1 Å². The number of hydrogen-bond acceptors (Lipinski definition) is 3. The van der Waals surface area contributed by atoms with Gasteiger partial charge in [0.1, 0.15) is 5.60 Å². The van der Waals surface area contributed by atoms with Crippen LogP contribution in [0.4, 0.5) is 0 Å². The Morgan fingerprint density at radius 2 is 1.44 bits per heavy atom. The number of rotatable bonds is 4. The van der Waals surface area contributed by atoms with Crippen LogP contribution in [0.1, 0.15) is 37.9 Å². The Balaban J connectivity index is 1.74. The van der Waals surface area contributed by atoms with Gasteiger partial charge in [-0.2, -0.15) is 0 Å². The highest BCUT2D eigenvalue weighted by Gasteiger charge is 2.30. The van der Waals surface area contributed by atoms with Crippen molar-refractivity contribution in [2.24, 2.45) is 0 Å². The Kier molecular flexibility index (Phi) is 5.05. The van der Waals surface area contributed by atoms with E-state index in [1.807, 2.05) is 32.9 Å². The van der Waals surface area contributed by atoms with Gasteiger partial charge in [-0.1, -0.05) is 60.7 Å². The van der Waals surface area contributed by atoms with Gasteiger partial charge in [0.15, 0.2) is 0 Å². The SMILES string of the molecule is CC(C)(C)OC(=O)C=C1CN(C(c2ccccc2)c2ccccc2)C1. The fourth-order valence-corrected chi connectivity index (χ4v) is 3.13. The fourth-order valence-electron chi connectivity index (χ4n) is 3.13. The van der Waals surface area contributed by atoms with Crippen LogP contribution in [0, 0.1) is 0 Å². The molecular weight excluding hydrogens is 310 g/mol. The lowest BCUT2D eigenvalue weighted by Gasteiger charge is -2.41. The molecule has 3 heteroatoms. The summed E-state index contributed by atoms with van der Waals surface area (Å²) in [6.45, 7) is 7.23.